The Kier molecular flexibility index (Phi) is 5.97. The first kappa shape index (κ1) is 17.7. The van der Waals surface area contributed by atoms with E-state index in [9.17, 15) is 8.78 Å². The Morgan fingerprint density at radius 1 is 1.17 bits per heavy atom. The molecule has 1 N–H and O–H groups in total. The Balaban J connectivity index is 0.00000192. The second kappa shape index (κ2) is 7.75. The number of benzene rings is 2. The van der Waals surface area contributed by atoms with E-state index in [4.69, 9.17) is 4.74 Å². The molecule has 1 aliphatic rings. The van der Waals surface area contributed by atoms with Gasteiger partial charge in [0.2, 0.25) is 0 Å². The Labute approximate surface area is 141 Å². The van der Waals surface area contributed by atoms with Gasteiger partial charge in [-0.1, -0.05) is 18.2 Å². The van der Waals surface area contributed by atoms with Gasteiger partial charge in [-0.3, -0.25) is 0 Å². The monoisotopic (exact) mass is 339 g/mol. The lowest BCUT2D eigenvalue weighted by Crippen LogP contribution is -2.17. The molecule has 23 heavy (non-hydrogen) atoms. The molecule has 2 nitrogen and oxygen atoms in total. The first-order chi connectivity index (χ1) is 10.7. The molecule has 0 saturated heterocycles. The Morgan fingerprint density at radius 3 is 2.70 bits per heavy atom. The van der Waals surface area contributed by atoms with E-state index in [0.717, 1.165) is 24.3 Å². The third-order valence-corrected chi connectivity index (χ3v) is 4.19. The molecular formula is C18H20ClF2NO. The van der Waals surface area contributed by atoms with Gasteiger partial charge in [-0.25, -0.2) is 8.78 Å². The minimum absolute atomic E-state index is 0. The summed E-state index contributed by atoms with van der Waals surface area (Å²) in [6.45, 7) is 1.30. The van der Waals surface area contributed by atoms with Crippen molar-refractivity contribution in [3.8, 4) is 5.75 Å². The van der Waals surface area contributed by atoms with Crippen LogP contribution in [0.5, 0.6) is 5.75 Å². The van der Waals surface area contributed by atoms with Crippen LogP contribution in [0.1, 0.15) is 23.5 Å². The summed E-state index contributed by atoms with van der Waals surface area (Å²) in [6.07, 6.45) is 1.00. The van der Waals surface area contributed by atoms with Crippen LogP contribution < -0.4 is 10.1 Å². The van der Waals surface area contributed by atoms with Crippen molar-refractivity contribution in [3.63, 3.8) is 0 Å². The van der Waals surface area contributed by atoms with Crippen molar-refractivity contribution in [2.45, 2.75) is 18.9 Å². The summed E-state index contributed by atoms with van der Waals surface area (Å²) in [5.74, 6) is 1.08. The van der Waals surface area contributed by atoms with Crippen molar-refractivity contribution in [1.82, 2.24) is 5.32 Å². The van der Waals surface area contributed by atoms with Crippen LogP contribution in [-0.2, 0) is 6.54 Å². The molecule has 0 bridgehead atoms. The highest BCUT2D eigenvalue weighted by atomic mass is 35.5. The van der Waals surface area contributed by atoms with E-state index in [1.54, 1.807) is 31.4 Å². The van der Waals surface area contributed by atoms with E-state index in [2.05, 4.69) is 5.32 Å². The van der Waals surface area contributed by atoms with E-state index in [0.29, 0.717) is 23.9 Å². The van der Waals surface area contributed by atoms with Crippen molar-refractivity contribution >= 4 is 12.4 Å². The van der Waals surface area contributed by atoms with Gasteiger partial charge in [-0.05, 0) is 49.1 Å². The van der Waals surface area contributed by atoms with Crippen LogP contribution in [-0.4, -0.2) is 13.7 Å². The summed E-state index contributed by atoms with van der Waals surface area (Å²) < 4.78 is 32.2. The zero-order valence-electron chi connectivity index (χ0n) is 12.9. The fourth-order valence-electron chi connectivity index (χ4n) is 2.88. The lowest BCUT2D eigenvalue weighted by Gasteiger charge is -2.09. The zero-order valence-corrected chi connectivity index (χ0v) is 13.7. The smallest absolute Gasteiger partial charge is 0.127 e. The predicted molar refractivity (Wildman–Crippen MR) is 89.2 cm³/mol. The highest BCUT2D eigenvalue weighted by molar-refractivity contribution is 5.85. The van der Waals surface area contributed by atoms with Crippen molar-refractivity contribution < 1.29 is 13.5 Å². The number of nitrogens with one attached hydrogen (secondary N) is 1. The van der Waals surface area contributed by atoms with Gasteiger partial charge >= 0.3 is 0 Å². The van der Waals surface area contributed by atoms with E-state index in [1.165, 1.54) is 12.1 Å². The first-order valence-electron chi connectivity index (χ1n) is 7.46. The fourth-order valence-corrected chi connectivity index (χ4v) is 2.88. The van der Waals surface area contributed by atoms with E-state index in [1.807, 2.05) is 6.07 Å². The van der Waals surface area contributed by atoms with E-state index < -0.39 is 0 Å². The highest BCUT2D eigenvalue weighted by Gasteiger charge is 2.39. The first-order valence-corrected chi connectivity index (χ1v) is 7.46. The number of methoxy groups -OCH3 is 1. The molecule has 2 atom stereocenters. The maximum Gasteiger partial charge on any atom is 0.127 e. The fraction of sp³-hybridized carbons (Fsp3) is 0.333. The van der Waals surface area contributed by atoms with Crippen molar-refractivity contribution in [1.29, 1.82) is 0 Å². The maximum atomic E-state index is 13.5. The summed E-state index contributed by atoms with van der Waals surface area (Å²) in [4.78, 5) is 0. The van der Waals surface area contributed by atoms with Crippen LogP contribution in [0, 0.1) is 17.6 Å². The van der Waals surface area contributed by atoms with E-state index >= 15 is 0 Å². The van der Waals surface area contributed by atoms with Gasteiger partial charge in [0.05, 0.1) is 7.11 Å². The van der Waals surface area contributed by atoms with Crippen molar-refractivity contribution in [2.24, 2.45) is 5.92 Å². The lowest BCUT2D eigenvalue weighted by atomic mass is 10.1. The van der Waals surface area contributed by atoms with Crippen LogP contribution in [0.15, 0.2) is 42.5 Å². The molecule has 1 fully saturated rings. The molecule has 1 aliphatic carbocycles. The van der Waals surface area contributed by atoms with Gasteiger partial charge in [-0.2, -0.15) is 0 Å². The standard InChI is InChI=1S/C18H19F2NO.ClH/c1-22-18-7-6-14(19)9-16(18)15-8-13(15)11-21-10-12-4-2-3-5-17(12)20;/h2-7,9,13,15,21H,8,10-11H2,1H3;1H/t13-,15+;/m0./s1. The molecule has 2 aromatic carbocycles. The number of rotatable bonds is 6. The highest BCUT2D eigenvalue weighted by Crippen LogP contribution is 2.50. The molecular weight excluding hydrogens is 320 g/mol. The third-order valence-electron chi connectivity index (χ3n) is 4.19. The molecule has 0 heterocycles. The quantitative estimate of drug-likeness (QED) is 0.847. The van der Waals surface area contributed by atoms with Crippen LogP contribution in [0.3, 0.4) is 0 Å². The lowest BCUT2D eigenvalue weighted by molar-refractivity contribution is 0.407. The number of ether oxygens (including phenoxy) is 1. The summed E-state index contributed by atoms with van der Waals surface area (Å²) >= 11 is 0. The van der Waals surface area contributed by atoms with Crippen molar-refractivity contribution in [3.05, 3.63) is 65.2 Å². The maximum absolute atomic E-state index is 13.5. The van der Waals surface area contributed by atoms with Gasteiger partial charge in [0.1, 0.15) is 17.4 Å². The Hall–Kier alpha value is -1.65. The third kappa shape index (κ3) is 4.21. The van der Waals surface area contributed by atoms with Gasteiger partial charge in [0.15, 0.2) is 0 Å². The summed E-state index contributed by atoms with van der Waals surface area (Å²) in [6, 6.07) is 11.4. The van der Waals surface area contributed by atoms with Gasteiger partial charge in [-0.15, -0.1) is 12.4 Å². The molecule has 0 aromatic heterocycles. The SMILES string of the molecule is COc1ccc(F)cc1[C@@H]1C[C@H]1CNCc1ccccc1F.Cl. The molecule has 0 aliphatic heterocycles. The van der Waals surface area contributed by atoms with Crippen molar-refractivity contribution in [2.75, 3.05) is 13.7 Å². The van der Waals surface area contributed by atoms with Gasteiger partial charge < -0.3 is 10.1 Å². The molecule has 3 rings (SSSR count). The Morgan fingerprint density at radius 2 is 1.96 bits per heavy atom. The van der Waals surface area contributed by atoms with Crippen LogP contribution >= 0.6 is 12.4 Å². The van der Waals surface area contributed by atoms with Crippen LogP contribution in [0.2, 0.25) is 0 Å². The number of halogens is 3. The molecule has 0 amide bonds. The van der Waals surface area contributed by atoms with E-state index in [-0.39, 0.29) is 24.0 Å². The molecule has 0 radical (unpaired) electrons. The molecule has 124 valence electrons. The molecule has 1 saturated carbocycles. The predicted octanol–water partition coefficient (Wildman–Crippen LogP) is 4.29. The number of hydrogen-bond donors (Lipinski definition) is 1. The zero-order chi connectivity index (χ0) is 15.5. The van der Waals surface area contributed by atoms with Crippen LogP contribution in [0.4, 0.5) is 8.78 Å². The minimum Gasteiger partial charge on any atom is -0.496 e. The molecule has 2 aromatic rings. The molecule has 0 unspecified atom stereocenters. The number of hydrogen-bond acceptors (Lipinski definition) is 2. The minimum atomic E-state index is -0.235. The van der Waals surface area contributed by atoms with Gasteiger partial charge in [0, 0.05) is 17.7 Å². The summed E-state index contributed by atoms with van der Waals surface area (Å²) in [7, 11) is 1.60. The second-order valence-corrected chi connectivity index (χ2v) is 5.71. The molecule has 0 spiro atoms. The average molecular weight is 340 g/mol. The average Bonchev–Trinajstić information content (AvgIpc) is 3.28. The normalized spacial score (nSPS) is 19.1. The summed E-state index contributed by atoms with van der Waals surface area (Å²) in [5, 5.41) is 3.28. The largest absolute Gasteiger partial charge is 0.496 e. The Bertz CT molecular complexity index is 665. The molecule has 5 heteroatoms. The topological polar surface area (TPSA) is 21.3 Å². The van der Waals surface area contributed by atoms with Gasteiger partial charge in [0.25, 0.3) is 0 Å². The summed E-state index contributed by atoms with van der Waals surface area (Å²) in [5.41, 5.74) is 1.60. The second-order valence-electron chi connectivity index (χ2n) is 5.71. The van der Waals surface area contributed by atoms with Crippen LogP contribution in [0.25, 0.3) is 0 Å².